The fraction of sp³-hybridized carbons (Fsp3) is 0.143. The second-order valence-corrected chi connectivity index (χ2v) is 6.94. The fourth-order valence-electron chi connectivity index (χ4n) is 2.34. The van der Waals surface area contributed by atoms with E-state index in [0.717, 1.165) is 24.5 Å². The first-order valence-electron chi connectivity index (χ1n) is 6.92. The Morgan fingerprint density at radius 2 is 2.08 bits per heavy atom. The van der Waals surface area contributed by atoms with Gasteiger partial charge < -0.3 is 4.98 Å². The van der Waals surface area contributed by atoms with E-state index in [9.17, 15) is 26.0 Å². The number of rotatable bonds is 4. The molecule has 12 heteroatoms. The second-order valence-electron chi connectivity index (χ2n) is 5.25. The fourth-order valence-corrected chi connectivity index (χ4v) is 3.36. The van der Waals surface area contributed by atoms with Gasteiger partial charge in [0.25, 0.3) is 10.0 Å². The van der Waals surface area contributed by atoms with Crippen LogP contribution in [0.1, 0.15) is 5.56 Å². The highest BCUT2D eigenvalue weighted by atomic mass is 32.2. The number of nitrogens with one attached hydrogen (secondary N) is 2. The van der Waals surface area contributed by atoms with Crippen molar-refractivity contribution < 1.29 is 26.0 Å². The number of nitrogens with zero attached hydrogens (tertiary/aromatic N) is 3. The summed E-state index contributed by atoms with van der Waals surface area (Å²) in [5, 5.41) is 12.2. The number of aromatic amines is 1. The normalized spacial score (nSPS) is 12.3. The van der Waals surface area contributed by atoms with E-state index in [0.29, 0.717) is 4.68 Å². The molecule has 2 N–H and O–H groups in total. The molecule has 0 aliphatic heterocycles. The number of halogens is 4. The van der Waals surface area contributed by atoms with E-state index >= 15 is 0 Å². The summed E-state index contributed by atoms with van der Waals surface area (Å²) in [6.45, 7) is -1.44. The van der Waals surface area contributed by atoms with Crippen molar-refractivity contribution >= 4 is 26.6 Å². The molecular formula is C14H9F4N5O2S. The zero-order valence-electron chi connectivity index (χ0n) is 12.7. The van der Waals surface area contributed by atoms with Gasteiger partial charge in [-0.2, -0.15) is 23.5 Å². The maximum atomic E-state index is 13.9. The monoisotopic (exact) mass is 387 g/mol. The van der Waals surface area contributed by atoms with Crippen molar-refractivity contribution in [2.75, 3.05) is 4.72 Å². The van der Waals surface area contributed by atoms with Crippen LogP contribution in [0.4, 0.5) is 23.2 Å². The molecule has 136 valence electrons. The summed E-state index contributed by atoms with van der Waals surface area (Å²) >= 11 is 0. The van der Waals surface area contributed by atoms with Crippen LogP contribution >= 0.6 is 0 Å². The molecule has 0 aliphatic rings. The van der Waals surface area contributed by atoms with Crippen molar-refractivity contribution in [3.05, 3.63) is 42.1 Å². The molecule has 0 amide bonds. The predicted octanol–water partition coefficient (Wildman–Crippen LogP) is 2.74. The predicted molar refractivity (Wildman–Crippen MR) is 82.1 cm³/mol. The van der Waals surface area contributed by atoms with E-state index in [2.05, 4.69) is 14.8 Å². The lowest BCUT2D eigenvalue weighted by molar-refractivity contribution is -0.142. The molecule has 2 aromatic heterocycles. The SMILES string of the molecule is N#Cc1c[nH]c2c(NS(=O)(=O)c3cnn(CC(F)(F)F)c3)ccc(F)c12. The molecule has 0 saturated heterocycles. The Kier molecular flexibility index (Phi) is 4.11. The van der Waals surface area contributed by atoms with Gasteiger partial charge in [0.15, 0.2) is 0 Å². The summed E-state index contributed by atoms with van der Waals surface area (Å²) in [5.74, 6) is -0.723. The van der Waals surface area contributed by atoms with Crippen molar-refractivity contribution in [2.45, 2.75) is 17.6 Å². The average Bonchev–Trinajstić information content (AvgIpc) is 3.15. The van der Waals surface area contributed by atoms with Gasteiger partial charge in [-0.05, 0) is 12.1 Å². The number of fused-ring (bicyclic) bond motifs is 1. The summed E-state index contributed by atoms with van der Waals surface area (Å²) < 4.78 is 78.3. The van der Waals surface area contributed by atoms with Gasteiger partial charge in [0.05, 0.1) is 28.4 Å². The Balaban J connectivity index is 1.96. The second kappa shape index (κ2) is 6.03. The Bertz CT molecular complexity index is 1120. The van der Waals surface area contributed by atoms with Crippen molar-refractivity contribution in [2.24, 2.45) is 0 Å². The van der Waals surface area contributed by atoms with E-state index < -0.39 is 33.5 Å². The smallest absolute Gasteiger partial charge is 0.358 e. The molecule has 3 aromatic rings. The molecule has 0 spiro atoms. The number of nitriles is 1. The molecule has 2 heterocycles. The van der Waals surface area contributed by atoms with Crippen molar-refractivity contribution in [3.8, 4) is 6.07 Å². The Morgan fingerprint density at radius 3 is 2.73 bits per heavy atom. The topological polar surface area (TPSA) is 104 Å². The summed E-state index contributed by atoms with van der Waals surface area (Å²) in [7, 11) is -4.28. The first-order chi connectivity index (χ1) is 12.1. The molecule has 26 heavy (non-hydrogen) atoms. The summed E-state index contributed by atoms with van der Waals surface area (Å²) in [4.78, 5) is 2.11. The molecular weight excluding hydrogens is 378 g/mol. The number of hydrogen-bond donors (Lipinski definition) is 2. The zero-order valence-corrected chi connectivity index (χ0v) is 13.5. The molecule has 0 saturated carbocycles. The lowest BCUT2D eigenvalue weighted by Crippen LogP contribution is -2.18. The molecule has 0 atom stereocenters. The minimum absolute atomic E-state index is 0.0171. The third kappa shape index (κ3) is 3.33. The summed E-state index contributed by atoms with van der Waals surface area (Å²) in [5.41, 5.74) is -0.0455. The standard InChI is InChI=1S/C14H9F4N5O2S/c15-10-1-2-11(13-12(10)8(3-19)4-20-13)22-26(24,25)9-5-21-23(6-9)7-14(16,17)18/h1-2,4-6,20,22H,7H2. The Labute approximate surface area is 143 Å². The first-order valence-corrected chi connectivity index (χ1v) is 8.41. The van der Waals surface area contributed by atoms with Crippen LogP contribution in [-0.4, -0.2) is 29.4 Å². The van der Waals surface area contributed by atoms with Crippen molar-refractivity contribution in [1.29, 1.82) is 5.26 Å². The molecule has 0 bridgehead atoms. The van der Waals surface area contributed by atoms with Crippen LogP contribution in [0.25, 0.3) is 10.9 Å². The minimum atomic E-state index is -4.55. The number of sulfonamides is 1. The van der Waals surface area contributed by atoms with E-state index in [1.807, 2.05) is 0 Å². The number of hydrogen-bond acceptors (Lipinski definition) is 4. The molecule has 0 aliphatic carbocycles. The average molecular weight is 387 g/mol. The number of benzene rings is 1. The lowest BCUT2D eigenvalue weighted by Gasteiger charge is -2.08. The number of alkyl halides is 3. The Hall–Kier alpha value is -3.07. The van der Waals surface area contributed by atoms with Crippen molar-refractivity contribution in [3.63, 3.8) is 0 Å². The van der Waals surface area contributed by atoms with Gasteiger partial charge in [0.2, 0.25) is 0 Å². The molecule has 7 nitrogen and oxygen atoms in total. The van der Waals surface area contributed by atoms with Crippen LogP contribution in [0.5, 0.6) is 0 Å². The van der Waals surface area contributed by atoms with Crippen LogP contribution in [-0.2, 0) is 16.6 Å². The molecule has 3 rings (SSSR count). The van der Waals surface area contributed by atoms with E-state index in [-0.39, 0.29) is 22.2 Å². The summed E-state index contributed by atoms with van der Waals surface area (Å²) in [6.07, 6.45) is -1.84. The van der Waals surface area contributed by atoms with Gasteiger partial charge in [-0.25, -0.2) is 12.8 Å². The van der Waals surface area contributed by atoms with Crippen LogP contribution in [0, 0.1) is 17.1 Å². The van der Waals surface area contributed by atoms with Crippen LogP contribution in [0.15, 0.2) is 35.6 Å². The van der Waals surface area contributed by atoms with Gasteiger partial charge >= 0.3 is 6.18 Å². The maximum Gasteiger partial charge on any atom is 0.408 e. The third-order valence-corrected chi connectivity index (χ3v) is 4.73. The van der Waals surface area contributed by atoms with Gasteiger partial charge in [-0.3, -0.25) is 9.40 Å². The highest BCUT2D eigenvalue weighted by Gasteiger charge is 2.29. The highest BCUT2D eigenvalue weighted by Crippen LogP contribution is 2.29. The van der Waals surface area contributed by atoms with Crippen LogP contribution in [0.3, 0.4) is 0 Å². The molecule has 0 fully saturated rings. The van der Waals surface area contributed by atoms with Crippen LogP contribution < -0.4 is 4.72 Å². The minimum Gasteiger partial charge on any atom is -0.358 e. The highest BCUT2D eigenvalue weighted by molar-refractivity contribution is 7.92. The third-order valence-electron chi connectivity index (χ3n) is 3.41. The molecule has 1 aromatic carbocycles. The van der Waals surface area contributed by atoms with Crippen LogP contribution in [0.2, 0.25) is 0 Å². The number of anilines is 1. The van der Waals surface area contributed by atoms with E-state index in [4.69, 9.17) is 5.26 Å². The van der Waals surface area contributed by atoms with Crippen molar-refractivity contribution in [1.82, 2.24) is 14.8 Å². The van der Waals surface area contributed by atoms with Gasteiger partial charge in [-0.15, -0.1) is 0 Å². The lowest BCUT2D eigenvalue weighted by atomic mass is 10.1. The number of H-pyrrole nitrogens is 1. The maximum absolute atomic E-state index is 13.9. The van der Waals surface area contributed by atoms with E-state index in [1.165, 1.54) is 6.20 Å². The largest absolute Gasteiger partial charge is 0.408 e. The molecule has 0 unspecified atom stereocenters. The summed E-state index contributed by atoms with van der Waals surface area (Å²) in [6, 6.07) is 3.88. The first kappa shape index (κ1) is 17.7. The van der Waals surface area contributed by atoms with Gasteiger partial charge in [0, 0.05) is 12.4 Å². The molecule has 0 radical (unpaired) electrons. The van der Waals surface area contributed by atoms with E-state index in [1.54, 1.807) is 6.07 Å². The van der Waals surface area contributed by atoms with Gasteiger partial charge in [-0.1, -0.05) is 0 Å². The quantitative estimate of drug-likeness (QED) is 0.672. The zero-order chi connectivity index (χ0) is 19.1. The Morgan fingerprint density at radius 1 is 1.35 bits per heavy atom. The number of aromatic nitrogens is 3. The van der Waals surface area contributed by atoms with Gasteiger partial charge in [0.1, 0.15) is 23.3 Å².